The van der Waals surface area contributed by atoms with E-state index in [1.54, 1.807) is 23.9 Å². The van der Waals surface area contributed by atoms with Gasteiger partial charge in [-0.1, -0.05) is 5.16 Å². The van der Waals surface area contributed by atoms with Gasteiger partial charge in [-0.3, -0.25) is 0 Å². The summed E-state index contributed by atoms with van der Waals surface area (Å²) >= 11 is 1.59. The molecule has 1 aromatic carbocycles. The number of nitrogens with zero attached hydrogens (tertiary/aromatic N) is 4. The van der Waals surface area contributed by atoms with Crippen molar-refractivity contribution in [3.05, 3.63) is 30.1 Å². The average molecular weight is 395 g/mol. The molecule has 7 nitrogen and oxygen atoms in total. The molecule has 0 amide bonds. The van der Waals surface area contributed by atoms with Crippen LogP contribution in [0.3, 0.4) is 0 Å². The summed E-state index contributed by atoms with van der Waals surface area (Å²) in [5, 5.41) is 4.04. The first-order chi connectivity index (χ1) is 12.6. The maximum atomic E-state index is 12.8. The summed E-state index contributed by atoms with van der Waals surface area (Å²) in [5.74, 6) is 1.46. The summed E-state index contributed by atoms with van der Waals surface area (Å²) in [4.78, 5) is 7.81. The Morgan fingerprint density at radius 3 is 2.46 bits per heavy atom. The first-order valence-corrected chi connectivity index (χ1v) is 11.4. The number of anilines is 1. The maximum absolute atomic E-state index is 12.8. The van der Waals surface area contributed by atoms with Gasteiger partial charge >= 0.3 is 6.01 Å². The molecule has 1 aromatic heterocycles. The number of hydrogen-bond donors (Lipinski definition) is 0. The van der Waals surface area contributed by atoms with E-state index in [4.69, 9.17) is 4.52 Å². The Labute approximate surface area is 157 Å². The lowest BCUT2D eigenvalue weighted by Gasteiger charge is -2.32. The van der Waals surface area contributed by atoms with E-state index in [1.165, 1.54) is 17.1 Å². The van der Waals surface area contributed by atoms with Crippen LogP contribution in [-0.4, -0.2) is 55.3 Å². The Bertz CT molecular complexity index is 854. The predicted molar refractivity (Wildman–Crippen MR) is 99.9 cm³/mol. The van der Waals surface area contributed by atoms with Crippen LogP contribution in [0.4, 0.5) is 6.01 Å². The molecule has 0 unspecified atom stereocenters. The molecule has 2 aromatic rings. The van der Waals surface area contributed by atoms with Crippen LogP contribution >= 0.6 is 11.8 Å². The van der Waals surface area contributed by atoms with Gasteiger partial charge in [-0.15, -0.1) is 11.8 Å². The average Bonchev–Trinajstić information content (AvgIpc) is 3.36. The summed E-state index contributed by atoms with van der Waals surface area (Å²) in [5.41, 5.74) is 0. The molecule has 9 heteroatoms. The lowest BCUT2D eigenvalue weighted by atomic mass is 10.3. The molecule has 1 saturated carbocycles. The molecule has 26 heavy (non-hydrogen) atoms. The van der Waals surface area contributed by atoms with Crippen molar-refractivity contribution in [2.24, 2.45) is 5.92 Å². The van der Waals surface area contributed by atoms with E-state index in [9.17, 15) is 8.42 Å². The number of aromatic nitrogens is 2. The van der Waals surface area contributed by atoms with Crippen molar-refractivity contribution in [1.82, 2.24) is 14.4 Å². The Morgan fingerprint density at radius 1 is 1.15 bits per heavy atom. The van der Waals surface area contributed by atoms with E-state index in [1.807, 2.05) is 23.3 Å². The number of rotatable bonds is 6. The zero-order chi connectivity index (χ0) is 18.1. The molecule has 0 N–H and O–H groups in total. The number of thioether (sulfide) groups is 1. The van der Waals surface area contributed by atoms with Crippen LogP contribution in [0.2, 0.25) is 0 Å². The van der Waals surface area contributed by atoms with Gasteiger partial charge in [0.25, 0.3) is 0 Å². The van der Waals surface area contributed by atoms with Crippen molar-refractivity contribution < 1.29 is 12.9 Å². The number of piperazine rings is 1. The molecule has 4 rings (SSSR count). The topological polar surface area (TPSA) is 79.5 Å². The van der Waals surface area contributed by atoms with Crippen LogP contribution in [0, 0.1) is 5.92 Å². The van der Waals surface area contributed by atoms with Crippen molar-refractivity contribution in [3.8, 4) is 0 Å². The van der Waals surface area contributed by atoms with Crippen molar-refractivity contribution in [1.29, 1.82) is 0 Å². The van der Waals surface area contributed by atoms with E-state index in [2.05, 4.69) is 10.1 Å². The zero-order valence-corrected chi connectivity index (χ0v) is 16.3. The minimum absolute atomic E-state index is 0.341. The molecule has 0 atom stereocenters. The number of sulfonamides is 1. The van der Waals surface area contributed by atoms with Crippen LogP contribution in [0.1, 0.15) is 18.7 Å². The monoisotopic (exact) mass is 394 g/mol. The van der Waals surface area contributed by atoms with Gasteiger partial charge in [0.15, 0.2) is 5.82 Å². The second-order valence-electron chi connectivity index (χ2n) is 6.71. The highest BCUT2D eigenvalue weighted by molar-refractivity contribution is 7.98. The largest absolute Gasteiger partial charge is 0.324 e. The van der Waals surface area contributed by atoms with Gasteiger partial charge in [-0.25, -0.2) is 8.42 Å². The minimum atomic E-state index is -3.46. The number of hydrogen-bond acceptors (Lipinski definition) is 7. The number of benzene rings is 1. The summed E-state index contributed by atoms with van der Waals surface area (Å²) in [7, 11) is -3.46. The lowest BCUT2D eigenvalue weighted by molar-refractivity contribution is 0.353. The predicted octanol–water partition coefficient (Wildman–Crippen LogP) is 2.25. The molecule has 0 spiro atoms. The second kappa shape index (κ2) is 7.21. The Kier molecular flexibility index (Phi) is 4.94. The Hall–Kier alpha value is -1.58. The van der Waals surface area contributed by atoms with Gasteiger partial charge in [0.05, 0.1) is 4.90 Å². The first-order valence-electron chi connectivity index (χ1n) is 8.78. The fourth-order valence-corrected chi connectivity index (χ4v) is 4.88. The lowest BCUT2D eigenvalue weighted by Crippen LogP contribution is -2.48. The highest BCUT2D eigenvalue weighted by Gasteiger charge is 2.31. The van der Waals surface area contributed by atoms with E-state index in [0.29, 0.717) is 43.0 Å². The fraction of sp³-hybridized carbons (Fsp3) is 0.529. The minimum Gasteiger partial charge on any atom is -0.322 e. The highest BCUT2D eigenvalue weighted by atomic mass is 32.2. The molecule has 1 aliphatic heterocycles. The van der Waals surface area contributed by atoms with Crippen molar-refractivity contribution in [2.75, 3.05) is 37.3 Å². The van der Waals surface area contributed by atoms with Gasteiger partial charge in [0, 0.05) is 37.5 Å². The van der Waals surface area contributed by atoms with Gasteiger partial charge in [-0.2, -0.15) is 9.29 Å². The van der Waals surface area contributed by atoms with Crippen molar-refractivity contribution in [3.63, 3.8) is 0 Å². The third-order valence-corrected chi connectivity index (χ3v) is 7.49. The SMILES string of the molecule is CSc1ccc(S(=O)(=O)N2CCN(c3nc(CC4CC4)no3)CC2)cc1. The molecule has 1 saturated heterocycles. The zero-order valence-electron chi connectivity index (χ0n) is 14.7. The van der Waals surface area contributed by atoms with Crippen molar-refractivity contribution >= 4 is 27.8 Å². The molecule has 2 aliphatic rings. The summed E-state index contributed by atoms with van der Waals surface area (Å²) in [6.45, 7) is 1.92. The van der Waals surface area contributed by atoms with Crippen LogP contribution in [0.5, 0.6) is 0 Å². The van der Waals surface area contributed by atoms with E-state index in [0.717, 1.165) is 17.1 Å². The molecular formula is C17H22N4O3S2. The van der Waals surface area contributed by atoms with Gasteiger partial charge < -0.3 is 9.42 Å². The van der Waals surface area contributed by atoms with Crippen LogP contribution in [-0.2, 0) is 16.4 Å². The van der Waals surface area contributed by atoms with Gasteiger partial charge in [0.1, 0.15) is 0 Å². The molecule has 1 aliphatic carbocycles. The fourth-order valence-electron chi connectivity index (χ4n) is 3.05. The smallest absolute Gasteiger partial charge is 0.322 e. The van der Waals surface area contributed by atoms with E-state index < -0.39 is 10.0 Å². The molecule has 2 heterocycles. The summed E-state index contributed by atoms with van der Waals surface area (Å²) < 4.78 is 32.5. The summed E-state index contributed by atoms with van der Waals surface area (Å²) in [6.07, 6.45) is 5.34. The molecule has 2 fully saturated rings. The Morgan fingerprint density at radius 2 is 1.85 bits per heavy atom. The van der Waals surface area contributed by atoms with E-state index >= 15 is 0 Å². The maximum Gasteiger partial charge on any atom is 0.324 e. The van der Waals surface area contributed by atoms with Crippen LogP contribution in [0.25, 0.3) is 0 Å². The standard InChI is InChI=1S/C17H22N4O3S2/c1-25-14-4-6-15(7-5-14)26(22,23)21-10-8-20(9-11-21)17-18-16(19-24-17)12-13-2-3-13/h4-7,13H,2-3,8-12H2,1H3. The third kappa shape index (κ3) is 3.74. The highest BCUT2D eigenvalue weighted by Crippen LogP contribution is 2.32. The molecule has 0 radical (unpaired) electrons. The second-order valence-corrected chi connectivity index (χ2v) is 9.52. The summed E-state index contributed by atoms with van der Waals surface area (Å²) in [6, 6.07) is 7.54. The van der Waals surface area contributed by atoms with Crippen LogP contribution < -0.4 is 4.90 Å². The van der Waals surface area contributed by atoms with Gasteiger partial charge in [0.2, 0.25) is 10.0 Å². The Balaban J connectivity index is 1.39. The van der Waals surface area contributed by atoms with Gasteiger partial charge in [-0.05, 0) is 49.3 Å². The normalized spacial score (nSPS) is 19.0. The third-order valence-electron chi connectivity index (χ3n) is 4.83. The van der Waals surface area contributed by atoms with Crippen LogP contribution in [0.15, 0.2) is 38.6 Å². The first kappa shape index (κ1) is 17.8. The van der Waals surface area contributed by atoms with Crippen molar-refractivity contribution in [2.45, 2.75) is 29.1 Å². The quantitative estimate of drug-likeness (QED) is 0.695. The molecule has 140 valence electrons. The van der Waals surface area contributed by atoms with E-state index in [-0.39, 0.29) is 0 Å². The molecule has 0 bridgehead atoms. The molecular weight excluding hydrogens is 372 g/mol.